The van der Waals surface area contributed by atoms with Crippen LogP contribution in [-0.4, -0.2) is 69.0 Å². The van der Waals surface area contributed by atoms with E-state index in [-0.39, 0.29) is 42.1 Å². The molecule has 12 nitrogen and oxygen atoms in total. The van der Waals surface area contributed by atoms with Gasteiger partial charge in [-0.3, -0.25) is 28.4 Å². The third-order valence-electron chi connectivity index (χ3n) is 8.14. The van der Waals surface area contributed by atoms with Crippen LogP contribution in [0, 0.1) is 11.8 Å². The van der Waals surface area contributed by atoms with E-state index in [0.717, 1.165) is 10.1 Å². The Morgan fingerprint density at radius 3 is 2.62 bits per heavy atom. The molecule has 5 atom stereocenters. The lowest BCUT2D eigenvalue weighted by atomic mass is 10.1. The number of piperidine rings is 1. The topological polar surface area (TPSA) is 133 Å². The van der Waals surface area contributed by atoms with Crippen LogP contribution in [0.2, 0.25) is 0 Å². The molecule has 1 aliphatic carbocycles. The molecule has 5 heterocycles. The Labute approximate surface area is 232 Å². The lowest BCUT2D eigenvalue weighted by molar-refractivity contribution is -0.121. The molecule has 1 amide bonds. The average Bonchev–Trinajstić information content (AvgIpc) is 3.51. The minimum atomic E-state index is -2.51. The molecule has 214 valence electrons. The van der Waals surface area contributed by atoms with Crippen molar-refractivity contribution in [2.75, 3.05) is 30.0 Å². The number of anilines is 2. The molecule has 4 aliphatic heterocycles. The van der Waals surface area contributed by atoms with Crippen molar-refractivity contribution in [1.29, 1.82) is 0 Å². The zero-order valence-electron chi connectivity index (χ0n) is 22.1. The molecule has 1 saturated heterocycles. The minimum Gasteiger partial charge on any atom is -0.372 e. The van der Waals surface area contributed by atoms with Gasteiger partial charge in [0.1, 0.15) is 34.5 Å². The second-order valence-electron chi connectivity index (χ2n) is 10.8. The van der Waals surface area contributed by atoms with Crippen LogP contribution in [0.1, 0.15) is 13.8 Å². The number of nitrogens with zero attached hydrogens (tertiary/aromatic N) is 4. The first kappa shape index (κ1) is 26.6. The number of Topliss-reactive ketones (excluding diaryl/α,β-unsaturated/α-hetero) is 1. The summed E-state index contributed by atoms with van der Waals surface area (Å²) in [6.45, 7) is 3.50. The first-order valence-electron chi connectivity index (χ1n) is 13.0. The van der Waals surface area contributed by atoms with Gasteiger partial charge in [0, 0.05) is 49.2 Å². The van der Waals surface area contributed by atoms with Gasteiger partial charge in [0.25, 0.3) is 11.5 Å². The predicted octanol–water partition coefficient (Wildman–Crippen LogP) is -0.142. The van der Waals surface area contributed by atoms with Crippen LogP contribution in [0.3, 0.4) is 0 Å². The summed E-state index contributed by atoms with van der Waals surface area (Å²) in [7, 11) is 1.50. The van der Waals surface area contributed by atoms with Crippen LogP contribution in [0.4, 0.5) is 20.3 Å². The first-order valence-corrected chi connectivity index (χ1v) is 13.9. The van der Waals surface area contributed by atoms with Crippen LogP contribution in [-0.2, 0) is 23.2 Å². The number of nitrogens with one attached hydrogen (secondary N) is 4. The van der Waals surface area contributed by atoms with Crippen molar-refractivity contribution in [3.05, 3.63) is 56.0 Å². The first-order chi connectivity index (χ1) is 19.0. The summed E-state index contributed by atoms with van der Waals surface area (Å²) in [6, 6.07) is -0.772. The molecule has 0 radical (unpaired) electrons. The number of rotatable bonds is 7. The van der Waals surface area contributed by atoms with Gasteiger partial charge < -0.3 is 26.2 Å². The molecular formula is C25H30F2N8O4S. The minimum absolute atomic E-state index is 0.122. The van der Waals surface area contributed by atoms with Crippen molar-refractivity contribution >= 4 is 35.0 Å². The van der Waals surface area contributed by atoms with Crippen molar-refractivity contribution in [3.8, 4) is 0 Å². The third kappa shape index (κ3) is 4.31. The van der Waals surface area contributed by atoms with Gasteiger partial charge in [0.2, 0.25) is 5.91 Å². The summed E-state index contributed by atoms with van der Waals surface area (Å²) < 4.78 is 29.2. The Morgan fingerprint density at radius 1 is 1.25 bits per heavy atom. The summed E-state index contributed by atoms with van der Waals surface area (Å²) in [6.07, 6.45) is 5.66. The Kier molecular flexibility index (Phi) is 6.33. The normalized spacial score (nSPS) is 28.5. The Hall–Kier alpha value is -3.59. The maximum absolute atomic E-state index is 13.5. The molecule has 0 bridgehead atoms. The van der Waals surface area contributed by atoms with Gasteiger partial charge in [-0.25, -0.2) is 13.6 Å². The number of carbonyl (C=O) groups is 2. The Bertz CT molecular complexity index is 1490. The zero-order chi connectivity index (χ0) is 28.5. The van der Waals surface area contributed by atoms with E-state index in [4.69, 9.17) is 0 Å². The predicted molar refractivity (Wildman–Crippen MR) is 145 cm³/mol. The second kappa shape index (κ2) is 9.51. The molecule has 1 aromatic heterocycles. The number of halogens is 2. The van der Waals surface area contributed by atoms with Gasteiger partial charge >= 0.3 is 5.69 Å². The summed E-state index contributed by atoms with van der Waals surface area (Å²) in [5.41, 5.74) is -0.148. The van der Waals surface area contributed by atoms with E-state index in [1.54, 1.807) is 17.2 Å². The maximum atomic E-state index is 13.5. The summed E-state index contributed by atoms with van der Waals surface area (Å²) in [5, 5.41) is 14.0. The number of aromatic nitrogens is 2. The van der Waals surface area contributed by atoms with E-state index < -0.39 is 35.0 Å². The highest BCUT2D eigenvalue weighted by Crippen LogP contribution is 2.59. The SMILES string of the molecule is CC(=O)Cn1c(=O)c2c(n(C)c1=O)NCN2[C@@H](C)C(=O)NC1=CSC(C2=CNC(N3CC4C(C3)C4(F)F)C=C2)N1. The highest BCUT2D eigenvalue weighted by atomic mass is 32.2. The van der Waals surface area contributed by atoms with Crippen LogP contribution in [0.15, 0.2) is 44.7 Å². The van der Waals surface area contributed by atoms with Crippen molar-refractivity contribution in [1.82, 2.24) is 30.0 Å². The van der Waals surface area contributed by atoms with Crippen molar-refractivity contribution in [2.45, 2.75) is 43.9 Å². The van der Waals surface area contributed by atoms with Crippen LogP contribution >= 0.6 is 11.8 Å². The van der Waals surface area contributed by atoms with E-state index in [9.17, 15) is 28.0 Å². The molecule has 0 aromatic carbocycles. The number of ketones is 1. The van der Waals surface area contributed by atoms with Gasteiger partial charge in [0.05, 0.1) is 19.4 Å². The molecule has 5 aliphatic rings. The largest absolute Gasteiger partial charge is 0.372 e. The highest BCUT2D eigenvalue weighted by molar-refractivity contribution is 8.03. The van der Waals surface area contributed by atoms with E-state index >= 15 is 0 Å². The van der Waals surface area contributed by atoms with Gasteiger partial charge in [-0.05, 0) is 19.9 Å². The Morgan fingerprint density at radius 2 is 1.98 bits per heavy atom. The number of amides is 1. The fourth-order valence-corrected chi connectivity index (χ4v) is 6.64. The van der Waals surface area contributed by atoms with Gasteiger partial charge in [-0.2, -0.15) is 0 Å². The maximum Gasteiger partial charge on any atom is 0.332 e. The molecule has 1 aromatic rings. The monoisotopic (exact) mass is 576 g/mol. The molecular weight excluding hydrogens is 546 g/mol. The number of fused-ring (bicyclic) bond motifs is 2. The Balaban J connectivity index is 1.06. The lowest BCUT2D eigenvalue weighted by Crippen LogP contribution is -2.49. The molecule has 6 rings (SSSR count). The number of dihydropyridines is 1. The standard InChI is InChI=1S/C25H30F2N8O4S/c1-12(36)7-34-23(38)19-20(32(3)24(34)39)29-11-35(19)13(2)21(37)30-17-10-40-22(31-17)14-4-5-18(28-6-14)33-8-15-16(9-33)25(15,26)27/h4-6,10,13,15-16,18,22,28-29,31H,7-9,11H2,1-3H3,(H,30,37)/t13-,15?,16?,18?,22?/m0/s1. The number of hydrogen-bond donors (Lipinski definition) is 4. The van der Waals surface area contributed by atoms with Gasteiger partial charge in [-0.15, -0.1) is 11.8 Å². The third-order valence-corrected chi connectivity index (χ3v) is 9.17. The number of thioether (sulfide) groups is 1. The average molecular weight is 577 g/mol. The quantitative estimate of drug-likeness (QED) is 0.348. The van der Waals surface area contributed by atoms with E-state index in [1.807, 2.05) is 23.3 Å². The molecule has 1 saturated carbocycles. The van der Waals surface area contributed by atoms with Crippen molar-refractivity contribution < 1.29 is 18.4 Å². The van der Waals surface area contributed by atoms with E-state index in [1.165, 1.54) is 30.3 Å². The van der Waals surface area contributed by atoms with Crippen molar-refractivity contribution in [2.24, 2.45) is 18.9 Å². The highest BCUT2D eigenvalue weighted by Gasteiger charge is 2.71. The fourth-order valence-electron chi connectivity index (χ4n) is 5.74. The number of carbonyl (C=O) groups excluding carboxylic acids is 2. The van der Waals surface area contributed by atoms with Crippen molar-refractivity contribution in [3.63, 3.8) is 0 Å². The zero-order valence-corrected chi connectivity index (χ0v) is 22.9. The fraction of sp³-hybridized carbons (Fsp3) is 0.520. The molecule has 2 fully saturated rings. The van der Waals surface area contributed by atoms with Gasteiger partial charge in [0.15, 0.2) is 0 Å². The van der Waals surface area contributed by atoms with Crippen LogP contribution in [0.25, 0.3) is 0 Å². The van der Waals surface area contributed by atoms with E-state index in [0.29, 0.717) is 24.7 Å². The molecule has 0 spiro atoms. The summed E-state index contributed by atoms with van der Waals surface area (Å²) >= 11 is 1.48. The molecule has 4 unspecified atom stereocenters. The summed E-state index contributed by atoms with van der Waals surface area (Å²) in [5.74, 6) is -3.47. The van der Waals surface area contributed by atoms with Crippen LogP contribution in [0.5, 0.6) is 0 Å². The summed E-state index contributed by atoms with van der Waals surface area (Å²) in [4.78, 5) is 54.1. The number of hydrogen-bond acceptors (Lipinski definition) is 10. The smallest absolute Gasteiger partial charge is 0.332 e. The number of likely N-dealkylation sites (tertiary alicyclic amines) is 1. The second-order valence-corrected chi connectivity index (χ2v) is 11.7. The van der Waals surface area contributed by atoms with Gasteiger partial charge in [-0.1, -0.05) is 6.08 Å². The molecule has 40 heavy (non-hydrogen) atoms. The molecule has 15 heteroatoms. The van der Waals surface area contributed by atoms with Crippen LogP contribution < -0.4 is 37.4 Å². The van der Waals surface area contributed by atoms with E-state index in [2.05, 4.69) is 21.3 Å². The molecule has 4 N–H and O–H groups in total. The number of alkyl halides is 2. The lowest BCUT2D eigenvalue weighted by Gasteiger charge is -2.30.